The van der Waals surface area contributed by atoms with Gasteiger partial charge in [-0.25, -0.2) is 4.79 Å². The fraction of sp³-hybridized carbons (Fsp3) is 0.190. The highest BCUT2D eigenvalue weighted by Crippen LogP contribution is 2.28. The number of hydrogen-bond donors (Lipinski definition) is 1. The number of benzene rings is 2. The van der Waals surface area contributed by atoms with E-state index < -0.39 is 18.5 Å². The maximum atomic E-state index is 11.9. The fourth-order valence-electron chi connectivity index (χ4n) is 2.29. The molecule has 8 heteroatoms. The molecule has 2 aromatic rings. The first-order chi connectivity index (χ1) is 13.9. The zero-order chi connectivity index (χ0) is 21.2. The van der Waals surface area contributed by atoms with Gasteiger partial charge in [-0.1, -0.05) is 22.0 Å². The van der Waals surface area contributed by atoms with Crippen molar-refractivity contribution >= 4 is 39.6 Å². The van der Waals surface area contributed by atoms with E-state index in [1.54, 1.807) is 30.3 Å². The molecule has 0 unspecified atom stereocenters. The van der Waals surface area contributed by atoms with Crippen molar-refractivity contribution in [2.75, 3.05) is 25.6 Å². The van der Waals surface area contributed by atoms with E-state index in [0.717, 1.165) is 10.0 Å². The largest absolute Gasteiger partial charge is 0.493 e. The van der Waals surface area contributed by atoms with E-state index in [4.69, 9.17) is 19.5 Å². The zero-order valence-corrected chi connectivity index (χ0v) is 17.5. The van der Waals surface area contributed by atoms with Crippen molar-refractivity contribution in [2.24, 2.45) is 0 Å². The first-order valence-electron chi connectivity index (χ1n) is 8.51. The Morgan fingerprint density at radius 3 is 2.69 bits per heavy atom. The van der Waals surface area contributed by atoms with Gasteiger partial charge in [0.1, 0.15) is 6.07 Å². The molecule has 0 saturated heterocycles. The molecule has 7 nitrogen and oxygen atoms in total. The third-order valence-corrected chi connectivity index (χ3v) is 4.57. The Hall–Kier alpha value is -3.31. The van der Waals surface area contributed by atoms with E-state index >= 15 is 0 Å². The Labute approximate surface area is 177 Å². The summed E-state index contributed by atoms with van der Waals surface area (Å²) in [6.07, 6.45) is 2.73. The Morgan fingerprint density at radius 2 is 2.00 bits per heavy atom. The Balaban J connectivity index is 1.88. The molecule has 29 heavy (non-hydrogen) atoms. The molecule has 0 aliphatic rings. The maximum absolute atomic E-state index is 11.9. The molecule has 0 bridgehead atoms. The number of aryl methyl sites for hydroxylation is 1. The predicted molar refractivity (Wildman–Crippen MR) is 112 cm³/mol. The predicted octanol–water partition coefficient (Wildman–Crippen LogP) is 3.86. The number of nitrogens with one attached hydrogen (secondary N) is 1. The number of ether oxygens (including phenoxy) is 3. The summed E-state index contributed by atoms with van der Waals surface area (Å²) < 4.78 is 16.3. The van der Waals surface area contributed by atoms with Gasteiger partial charge < -0.3 is 19.5 Å². The van der Waals surface area contributed by atoms with Crippen LogP contribution in [0, 0.1) is 18.3 Å². The zero-order valence-electron chi connectivity index (χ0n) is 15.9. The standard InChI is InChI=1S/C21H19BrN2O5/c1-14-11-16(5-6-17(14)22)24-20(25)13-29-21(26)8-4-15-3-7-18(28-10-9-23)19(12-15)27-2/h3-8,11-12H,10,13H2,1-2H3,(H,24,25)/b8-4+. The smallest absolute Gasteiger partial charge is 0.331 e. The second-order valence-corrected chi connectivity index (χ2v) is 6.66. The average Bonchev–Trinajstić information content (AvgIpc) is 2.72. The van der Waals surface area contributed by atoms with Gasteiger partial charge in [0.2, 0.25) is 0 Å². The second-order valence-electron chi connectivity index (χ2n) is 5.81. The van der Waals surface area contributed by atoms with Crippen molar-refractivity contribution in [1.29, 1.82) is 5.26 Å². The monoisotopic (exact) mass is 458 g/mol. The highest BCUT2D eigenvalue weighted by Gasteiger charge is 2.08. The van der Waals surface area contributed by atoms with Crippen molar-refractivity contribution < 1.29 is 23.8 Å². The van der Waals surface area contributed by atoms with Crippen LogP contribution in [0.3, 0.4) is 0 Å². The molecule has 0 aliphatic heterocycles. The van der Waals surface area contributed by atoms with Crippen LogP contribution in [0.4, 0.5) is 5.69 Å². The lowest BCUT2D eigenvalue weighted by Crippen LogP contribution is -2.20. The number of halogens is 1. The number of nitriles is 1. The van der Waals surface area contributed by atoms with Crippen LogP contribution in [-0.2, 0) is 14.3 Å². The van der Waals surface area contributed by atoms with Crippen LogP contribution in [0.5, 0.6) is 11.5 Å². The number of rotatable bonds is 8. The molecule has 150 valence electrons. The van der Waals surface area contributed by atoms with Crippen LogP contribution in [0.25, 0.3) is 6.08 Å². The lowest BCUT2D eigenvalue weighted by atomic mass is 10.2. The number of anilines is 1. The Kier molecular flexibility index (Phi) is 8.25. The first-order valence-corrected chi connectivity index (χ1v) is 9.31. The molecular formula is C21H19BrN2O5. The van der Waals surface area contributed by atoms with Crippen molar-refractivity contribution in [2.45, 2.75) is 6.92 Å². The molecule has 0 spiro atoms. The molecule has 2 aromatic carbocycles. The molecule has 1 amide bonds. The lowest BCUT2D eigenvalue weighted by Gasteiger charge is -2.09. The summed E-state index contributed by atoms with van der Waals surface area (Å²) in [4.78, 5) is 23.8. The summed E-state index contributed by atoms with van der Waals surface area (Å²) in [5.74, 6) is -0.237. The topological polar surface area (TPSA) is 97.7 Å². The number of carbonyl (C=O) groups is 2. The molecule has 0 aromatic heterocycles. The number of carbonyl (C=O) groups excluding carboxylic acids is 2. The molecule has 0 aliphatic carbocycles. The van der Waals surface area contributed by atoms with E-state index in [2.05, 4.69) is 21.2 Å². The third-order valence-electron chi connectivity index (χ3n) is 3.68. The Bertz CT molecular complexity index is 966. The lowest BCUT2D eigenvalue weighted by molar-refractivity contribution is -0.142. The Morgan fingerprint density at radius 1 is 1.21 bits per heavy atom. The van der Waals surface area contributed by atoms with Gasteiger partial charge in [-0.05, 0) is 54.5 Å². The van der Waals surface area contributed by atoms with Crippen LogP contribution in [0.15, 0.2) is 46.9 Å². The highest BCUT2D eigenvalue weighted by molar-refractivity contribution is 9.10. The average molecular weight is 459 g/mol. The van der Waals surface area contributed by atoms with Gasteiger partial charge in [0.25, 0.3) is 5.91 Å². The molecule has 0 heterocycles. The summed E-state index contributed by atoms with van der Waals surface area (Å²) >= 11 is 3.39. The molecule has 0 radical (unpaired) electrons. The fourth-order valence-corrected chi connectivity index (χ4v) is 2.53. The quantitative estimate of drug-likeness (QED) is 0.476. The van der Waals surface area contributed by atoms with E-state index in [9.17, 15) is 9.59 Å². The van der Waals surface area contributed by atoms with Crippen molar-refractivity contribution in [3.63, 3.8) is 0 Å². The van der Waals surface area contributed by atoms with Gasteiger partial charge in [0.05, 0.1) is 7.11 Å². The number of esters is 1. The minimum Gasteiger partial charge on any atom is -0.493 e. The minimum absolute atomic E-state index is 0.0975. The van der Waals surface area contributed by atoms with Gasteiger partial charge in [0, 0.05) is 16.2 Å². The number of amides is 1. The van der Waals surface area contributed by atoms with Crippen LogP contribution >= 0.6 is 15.9 Å². The van der Waals surface area contributed by atoms with Crippen molar-refractivity contribution in [3.05, 3.63) is 58.1 Å². The summed E-state index contributed by atoms with van der Waals surface area (Å²) in [6.45, 7) is 1.41. The van der Waals surface area contributed by atoms with Gasteiger partial charge >= 0.3 is 5.97 Å². The van der Waals surface area contributed by atoms with E-state index in [-0.39, 0.29) is 6.61 Å². The van der Waals surface area contributed by atoms with Gasteiger partial charge in [-0.15, -0.1) is 0 Å². The molecule has 0 fully saturated rings. The number of nitrogens with zero attached hydrogens (tertiary/aromatic N) is 1. The summed E-state index contributed by atoms with van der Waals surface area (Å²) in [7, 11) is 1.47. The van der Waals surface area contributed by atoms with Gasteiger partial charge in [0.15, 0.2) is 24.7 Å². The molecular weight excluding hydrogens is 440 g/mol. The summed E-state index contributed by atoms with van der Waals surface area (Å²) in [6, 6.07) is 12.2. The van der Waals surface area contributed by atoms with Crippen LogP contribution in [-0.4, -0.2) is 32.2 Å². The summed E-state index contributed by atoms with van der Waals surface area (Å²) in [5, 5.41) is 11.2. The van der Waals surface area contributed by atoms with E-state index in [1.165, 1.54) is 19.3 Å². The summed E-state index contributed by atoms with van der Waals surface area (Å²) in [5.41, 5.74) is 2.26. The number of hydrogen-bond acceptors (Lipinski definition) is 6. The van der Waals surface area contributed by atoms with Crippen LogP contribution in [0.1, 0.15) is 11.1 Å². The molecule has 0 saturated carbocycles. The van der Waals surface area contributed by atoms with Crippen LogP contribution in [0.2, 0.25) is 0 Å². The second kappa shape index (κ2) is 10.9. The van der Waals surface area contributed by atoms with E-state index in [1.807, 2.05) is 19.1 Å². The molecule has 1 N–H and O–H groups in total. The molecule has 2 rings (SSSR count). The third kappa shape index (κ3) is 6.97. The normalized spacial score (nSPS) is 10.3. The minimum atomic E-state index is -0.657. The van der Waals surface area contributed by atoms with Crippen LogP contribution < -0.4 is 14.8 Å². The van der Waals surface area contributed by atoms with Crippen molar-refractivity contribution in [1.82, 2.24) is 0 Å². The molecule has 0 atom stereocenters. The first kappa shape index (κ1) is 22.0. The highest BCUT2D eigenvalue weighted by atomic mass is 79.9. The number of methoxy groups -OCH3 is 1. The van der Waals surface area contributed by atoms with Crippen molar-refractivity contribution in [3.8, 4) is 17.6 Å². The maximum Gasteiger partial charge on any atom is 0.331 e. The van der Waals surface area contributed by atoms with E-state index in [0.29, 0.717) is 22.7 Å². The van der Waals surface area contributed by atoms with Gasteiger partial charge in [-0.3, -0.25) is 4.79 Å². The SMILES string of the molecule is COc1cc(/C=C/C(=O)OCC(=O)Nc2ccc(Br)c(C)c2)ccc1OCC#N. The van der Waals surface area contributed by atoms with Gasteiger partial charge in [-0.2, -0.15) is 5.26 Å².